The molecule has 1 aliphatic carbocycles. The first-order valence-electron chi connectivity index (χ1n) is 7.45. The van der Waals surface area contributed by atoms with Gasteiger partial charge in [-0.15, -0.1) is 0 Å². The topological polar surface area (TPSA) is 59.6 Å². The van der Waals surface area contributed by atoms with Crippen molar-refractivity contribution in [2.45, 2.75) is 32.1 Å². The Kier molecular flexibility index (Phi) is 4.28. The lowest BCUT2D eigenvalue weighted by Gasteiger charge is -2.17. The van der Waals surface area contributed by atoms with Crippen LogP contribution in [0.4, 0.5) is 10.5 Å². The standard InChI is InChI=1S/C16H20N2O3/c19-16(17-9-8-12-4-2-1-3-5-12)18-13-6-7-14-15(10-13)21-11-20-14/h6-10,12H,1-5,11H2,(H2,17,18,19)/b9-8+. The first-order chi connectivity index (χ1) is 10.3. The van der Waals surface area contributed by atoms with Crippen molar-refractivity contribution in [2.24, 2.45) is 5.92 Å². The van der Waals surface area contributed by atoms with Gasteiger partial charge in [-0.05, 0) is 30.9 Å². The van der Waals surface area contributed by atoms with E-state index in [1.165, 1.54) is 32.1 Å². The second kappa shape index (κ2) is 6.52. The van der Waals surface area contributed by atoms with Gasteiger partial charge in [0, 0.05) is 18.0 Å². The molecule has 21 heavy (non-hydrogen) atoms. The van der Waals surface area contributed by atoms with E-state index in [1.54, 1.807) is 24.4 Å². The number of carbonyl (C=O) groups excluding carboxylic acids is 1. The highest BCUT2D eigenvalue weighted by molar-refractivity contribution is 5.90. The molecule has 0 unspecified atom stereocenters. The minimum absolute atomic E-state index is 0.231. The average molecular weight is 288 g/mol. The quantitative estimate of drug-likeness (QED) is 0.893. The highest BCUT2D eigenvalue weighted by Gasteiger charge is 2.14. The molecule has 1 heterocycles. The smallest absolute Gasteiger partial charge is 0.323 e. The number of hydrogen-bond donors (Lipinski definition) is 2. The number of nitrogens with one attached hydrogen (secondary N) is 2. The minimum atomic E-state index is -0.249. The summed E-state index contributed by atoms with van der Waals surface area (Å²) in [5.74, 6) is 1.97. The Labute approximate surface area is 124 Å². The van der Waals surface area contributed by atoms with Gasteiger partial charge in [-0.1, -0.05) is 25.3 Å². The van der Waals surface area contributed by atoms with Gasteiger partial charge in [-0.25, -0.2) is 4.79 Å². The Morgan fingerprint density at radius 3 is 2.81 bits per heavy atom. The number of benzene rings is 1. The second-order valence-corrected chi connectivity index (χ2v) is 5.42. The van der Waals surface area contributed by atoms with E-state index >= 15 is 0 Å². The summed E-state index contributed by atoms with van der Waals surface area (Å²) in [6.07, 6.45) is 10.2. The van der Waals surface area contributed by atoms with Gasteiger partial charge in [0.15, 0.2) is 11.5 Å². The molecule has 5 nitrogen and oxygen atoms in total. The van der Waals surface area contributed by atoms with Crippen LogP contribution in [-0.2, 0) is 0 Å². The zero-order chi connectivity index (χ0) is 14.5. The van der Waals surface area contributed by atoms with Crippen molar-refractivity contribution in [2.75, 3.05) is 12.1 Å². The van der Waals surface area contributed by atoms with Gasteiger partial charge < -0.3 is 20.1 Å². The molecule has 0 bridgehead atoms. The van der Waals surface area contributed by atoms with Crippen LogP contribution in [0.3, 0.4) is 0 Å². The van der Waals surface area contributed by atoms with Gasteiger partial charge in [-0.2, -0.15) is 0 Å². The van der Waals surface area contributed by atoms with Crippen LogP contribution in [-0.4, -0.2) is 12.8 Å². The van der Waals surface area contributed by atoms with Crippen molar-refractivity contribution in [3.8, 4) is 11.5 Å². The summed E-state index contributed by atoms with van der Waals surface area (Å²) >= 11 is 0. The molecule has 2 aliphatic rings. The Morgan fingerprint density at radius 2 is 1.95 bits per heavy atom. The molecular weight excluding hydrogens is 268 g/mol. The average Bonchev–Trinajstić information content (AvgIpc) is 2.96. The number of ether oxygens (including phenoxy) is 2. The van der Waals surface area contributed by atoms with Gasteiger partial charge >= 0.3 is 6.03 Å². The molecule has 0 saturated heterocycles. The monoisotopic (exact) mass is 288 g/mol. The maximum atomic E-state index is 11.8. The van der Waals surface area contributed by atoms with E-state index in [4.69, 9.17) is 9.47 Å². The summed E-state index contributed by atoms with van der Waals surface area (Å²) in [5.41, 5.74) is 0.683. The number of rotatable bonds is 3. The van der Waals surface area contributed by atoms with Crippen molar-refractivity contribution in [1.82, 2.24) is 5.32 Å². The zero-order valence-corrected chi connectivity index (χ0v) is 11.9. The van der Waals surface area contributed by atoms with Crippen molar-refractivity contribution >= 4 is 11.7 Å². The van der Waals surface area contributed by atoms with E-state index in [9.17, 15) is 4.79 Å². The lowest BCUT2D eigenvalue weighted by Crippen LogP contribution is -2.24. The van der Waals surface area contributed by atoms with Crippen LogP contribution < -0.4 is 20.1 Å². The molecule has 3 rings (SSSR count). The predicted molar refractivity (Wildman–Crippen MR) is 80.4 cm³/mol. The number of urea groups is 1. The second-order valence-electron chi connectivity index (χ2n) is 5.42. The van der Waals surface area contributed by atoms with Crippen LogP contribution in [0, 0.1) is 5.92 Å². The molecule has 0 radical (unpaired) electrons. The fourth-order valence-corrected chi connectivity index (χ4v) is 2.73. The maximum Gasteiger partial charge on any atom is 0.323 e. The van der Waals surface area contributed by atoms with E-state index < -0.39 is 0 Å². The van der Waals surface area contributed by atoms with Crippen molar-refractivity contribution in [3.63, 3.8) is 0 Å². The SMILES string of the molecule is O=C(N/C=C/C1CCCCC1)Nc1ccc2c(c1)OCO2. The molecule has 5 heteroatoms. The normalized spacial score (nSPS) is 17.9. The number of allylic oxidation sites excluding steroid dienone is 1. The third-order valence-corrected chi connectivity index (χ3v) is 3.86. The molecule has 1 aliphatic heterocycles. The van der Waals surface area contributed by atoms with Crippen LogP contribution in [0.1, 0.15) is 32.1 Å². The molecule has 1 saturated carbocycles. The maximum absolute atomic E-state index is 11.8. The number of amides is 2. The summed E-state index contributed by atoms with van der Waals surface area (Å²) in [6, 6.07) is 5.08. The van der Waals surface area contributed by atoms with E-state index in [1.807, 2.05) is 0 Å². The highest BCUT2D eigenvalue weighted by Crippen LogP contribution is 2.34. The van der Waals surface area contributed by atoms with Crippen LogP contribution in [0.15, 0.2) is 30.5 Å². The molecule has 0 atom stereocenters. The van der Waals surface area contributed by atoms with E-state index in [2.05, 4.69) is 16.7 Å². The Morgan fingerprint density at radius 1 is 1.14 bits per heavy atom. The Bertz CT molecular complexity index is 536. The predicted octanol–water partition coefficient (Wildman–Crippen LogP) is 3.63. The van der Waals surface area contributed by atoms with E-state index in [0.29, 0.717) is 23.1 Å². The van der Waals surface area contributed by atoms with E-state index in [0.717, 1.165) is 0 Å². The molecule has 0 aromatic heterocycles. The van der Waals surface area contributed by atoms with Crippen molar-refractivity contribution < 1.29 is 14.3 Å². The number of hydrogen-bond acceptors (Lipinski definition) is 3. The lowest BCUT2D eigenvalue weighted by atomic mass is 9.89. The van der Waals surface area contributed by atoms with Crippen molar-refractivity contribution in [1.29, 1.82) is 0 Å². The number of anilines is 1. The Hall–Kier alpha value is -2.17. The molecule has 2 N–H and O–H groups in total. The van der Waals surface area contributed by atoms with Crippen LogP contribution >= 0.6 is 0 Å². The molecule has 112 valence electrons. The summed E-state index contributed by atoms with van der Waals surface area (Å²) < 4.78 is 10.5. The Balaban J connectivity index is 1.48. The van der Waals surface area contributed by atoms with Crippen LogP contribution in [0.5, 0.6) is 11.5 Å². The number of fused-ring (bicyclic) bond motifs is 1. The summed E-state index contributed by atoms with van der Waals surface area (Å²) in [5, 5.41) is 5.52. The van der Waals surface area contributed by atoms with Gasteiger partial charge in [0.1, 0.15) is 0 Å². The van der Waals surface area contributed by atoms with Crippen molar-refractivity contribution in [3.05, 3.63) is 30.5 Å². The number of carbonyl (C=O) groups is 1. The summed E-state index contributed by atoms with van der Waals surface area (Å²) in [7, 11) is 0. The van der Waals surface area contributed by atoms with Crippen LogP contribution in [0.2, 0.25) is 0 Å². The molecular formula is C16H20N2O3. The first kappa shape index (κ1) is 13.8. The minimum Gasteiger partial charge on any atom is -0.454 e. The molecule has 2 amide bonds. The summed E-state index contributed by atoms with van der Waals surface area (Å²) in [6.45, 7) is 0.231. The summed E-state index contributed by atoms with van der Waals surface area (Å²) in [4.78, 5) is 11.8. The molecule has 0 spiro atoms. The third kappa shape index (κ3) is 3.68. The van der Waals surface area contributed by atoms with Gasteiger partial charge in [0.25, 0.3) is 0 Å². The fraction of sp³-hybridized carbons (Fsp3) is 0.438. The third-order valence-electron chi connectivity index (χ3n) is 3.86. The highest BCUT2D eigenvalue weighted by atomic mass is 16.7. The zero-order valence-electron chi connectivity index (χ0n) is 11.9. The lowest BCUT2D eigenvalue weighted by molar-refractivity contribution is 0.174. The van der Waals surface area contributed by atoms with Gasteiger partial charge in [-0.3, -0.25) is 0 Å². The molecule has 1 aromatic carbocycles. The van der Waals surface area contributed by atoms with Gasteiger partial charge in [0.2, 0.25) is 6.79 Å². The molecule has 1 aromatic rings. The van der Waals surface area contributed by atoms with Gasteiger partial charge in [0.05, 0.1) is 0 Å². The molecule has 1 fully saturated rings. The van der Waals surface area contributed by atoms with Crippen LogP contribution in [0.25, 0.3) is 0 Å². The largest absolute Gasteiger partial charge is 0.454 e. The fourth-order valence-electron chi connectivity index (χ4n) is 2.73. The van der Waals surface area contributed by atoms with E-state index in [-0.39, 0.29) is 12.8 Å². The first-order valence-corrected chi connectivity index (χ1v) is 7.45.